The summed E-state index contributed by atoms with van der Waals surface area (Å²) in [6.07, 6.45) is 1.36. The molecule has 0 bridgehead atoms. The van der Waals surface area contributed by atoms with E-state index in [0.29, 0.717) is 6.42 Å². The Bertz CT molecular complexity index is 601. The molecule has 18 heavy (non-hydrogen) atoms. The number of H-pyrrole nitrogens is 1. The molecule has 4 heteroatoms. The molecule has 0 saturated heterocycles. The first-order valence-electron chi connectivity index (χ1n) is 5.97. The van der Waals surface area contributed by atoms with Gasteiger partial charge in [-0.1, -0.05) is 23.7 Å². The summed E-state index contributed by atoms with van der Waals surface area (Å²) in [7, 11) is 0. The number of nitrogens with one attached hydrogen (secondary N) is 1. The molecule has 92 valence electrons. The zero-order valence-corrected chi connectivity index (χ0v) is 10.8. The van der Waals surface area contributed by atoms with Crippen molar-refractivity contribution in [2.24, 2.45) is 0 Å². The van der Waals surface area contributed by atoms with Gasteiger partial charge in [-0.05, 0) is 37.0 Å². The number of carbonyl (C=O) groups excluding carboxylic acids is 1. The summed E-state index contributed by atoms with van der Waals surface area (Å²) in [5.41, 5.74) is 3.72. The summed E-state index contributed by atoms with van der Waals surface area (Å²) in [5, 5.41) is 7.85. The highest BCUT2D eigenvalue weighted by Gasteiger charge is 2.29. The maximum Gasteiger partial charge on any atom is 0.167 e. The molecule has 0 unspecified atom stereocenters. The molecule has 1 aliphatic rings. The van der Waals surface area contributed by atoms with Gasteiger partial charge >= 0.3 is 0 Å². The maximum absolute atomic E-state index is 12.1. The third-order valence-corrected chi connectivity index (χ3v) is 3.77. The molecule has 0 aliphatic heterocycles. The van der Waals surface area contributed by atoms with Gasteiger partial charge in [-0.15, -0.1) is 0 Å². The Kier molecular flexibility index (Phi) is 2.71. The molecule has 0 amide bonds. The second-order valence-electron chi connectivity index (χ2n) is 4.75. The first-order valence-corrected chi connectivity index (χ1v) is 6.35. The molecule has 0 fully saturated rings. The SMILES string of the molecule is Cc1[nH]nc2c1C(=O)C[C@@H](c1ccc(Cl)cc1)C2. The molecule has 1 aromatic carbocycles. The van der Waals surface area contributed by atoms with E-state index in [1.54, 1.807) is 0 Å². The number of benzene rings is 1. The highest BCUT2D eigenvalue weighted by atomic mass is 35.5. The van der Waals surface area contributed by atoms with E-state index < -0.39 is 0 Å². The fourth-order valence-electron chi connectivity index (χ4n) is 2.60. The predicted molar refractivity (Wildman–Crippen MR) is 70.2 cm³/mol. The van der Waals surface area contributed by atoms with Crippen LogP contribution in [0.25, 0.3) is 0 Å². The van der Waals surface area contributed by atoms with Gasteiger partial charge < -0.3 is 0 Å². The number of ketones is 1. The standard InChI is InChI=1S/C14H13ClN2O/c1-8-14-12(17-16-8)6-10(7-13(14)18)9-2-4-11(15)5-3-9/h2-5,10H,6-7H2,1H3,(H,16,17)/t10-/m0/s1. The number of fused-ring (bicyclic) bond motifs is 1. The van der Waals surface area contributed by atoms with Crippen LogP contribution in [-0.4, -0.2) is 16.0 Å². The van der Waals surface area contributed by atoms with Crippen molar-refractivity contribution >= 4 is 17.4 Å². The van der Waals surface area contributed by atoms with Crippen LogP contribution < -0.4 is 0 Å². The van der Waals surface area contributed by atoms with Gasteiger partial charge in [0, 0.05) is 17.1 Å². The summed E-state index contributed by atoms with van der Waals surface area (Å²) in [4.78, 5) is 12.1. The lowest BCUT2D eigenvalue weighted by Gasteiger charge is -2.21. The van der Waals surface area contributed by atoms with Gasteiger partial charge in [-0.2, -0.15) is 5.10 Å². The minimum Gasteiger partial charge on any atom is -0.294 e. The fourth-order valence-corrected chi connectivity index (χ4v) is 2.73. The van der Waals surface area contributed by atoms with E-state index in [9.17, 15) is 4.79 Å². The number of hydrogen-bond acceptors (Lipinski definition) is 2. The van der Waals surface area contributed by atoms with Gasteiger partial charge in [0.2, 0.25) is 0 Å². The van der Waals surface area contributed by atoms with Crippen LogP contribution in [0.15, 0.2) is 24.3 Å². The van der Waals surface area contributed by atoms with Crippen LogP contribution in [0, 0.1) is 6.92 Å². The van der Waals surface area contributed by atoms with E-state index in [-0.39, 0.29) is 11.7 Å². The van der Waals surface area contributed by atoms with Crippen LogP contribution in [0.3, 0.4) is 0 Å². The Hall–Kier alpha value is -1.61. The number of hydrogen-bond donors (Lipinski definition) is 1. The number of aryl methyl sites for hydroxylation is 1. The third-order valence-electron chi connectivity index (χ3n) is 3.51. The smallest absolute Gasteiger partial charge is 0.167 e. The highest BCUT2D eigenvalue weighted by Crippen LogP contribution is 2.33. The summed E-state index contributed by atoms with van der Waals surface area (Å²) in [6, 6.07) is 7.72. The molecule has 0 radical (unpaired) electrons. The fraction of sp³-hybridized carbons (Fsp3) is 0.286. The number of carbonyl (C=O) groups is 1. The first-order chi connectivity index (χ1) is 8.65. The largest absolute Gasteiger partial charge is 0.294 e. The molecule has 1 atom stereocenters. The highest BCUT2D eigenvalue weighted by molar-refractivity contribution is 6.30. The lowest BCUT2D eigenvalue weighted by Crippen LogP contribution is -2.18. The molecule has 0 spiro atoms. The van der Waals surface area contributed by atoms with Crippen LogP contribution >= 0.6 is 11.6 Å². The number of nitrogens with zero attached hydrogens (tertiary/aromatic N) is 1. The maximum atomic E-state index is 12.1. The molecular formula is C14H13ClN2O. The van der Waals surface area contributed by atoms with Crippen LogP contribution in [-0.2, 0) is 6.42 Å². The van der Waals surface area contributed by atoms with Gasteiger partial charge in [-0.3, -0.25) is 9.89 Å². The van der Waals surface area contributed by atoms with Gasteiger partial charge in [0.1, 0.15) is 0 Å². The van der Waals surface area contributed by atoms with Gasteiger partial charge in [0.15, 0.2) is 5.78 Å². The molecule has 0 saturated carbocycles. The third kappa shape index (κ3) is 1.85. The number of aromatic nitrogens is 2. The Morgan fingerprint density at radius 1 is 1.28 bits per heavy atom. The van der Waals surface area contributed by atoms with Gasteiger partial charge in [-0.25, -0.2) is 0 Å². The van der Waals surface area contributed by atoms with E-state index in [4.69, 9.17) is 11.6 Å². The van der Waals surface area contributed by atoms with Crippen LogP contribution in [0.4, 0.5) is 0 Å². The van der Waals surface area contributed by atoms with E-state index in [2.05, 4.69) is 10.2 Å². The van der Waals surface area contributed by atoms with E-state index in [0.717, 1.165) is 34.0 Å². The zero-order valence-electron chi connectivity index (χ0n) is 10.0. The predicted octanol–water partition coefficient (Wildman–Crippen LogP) is 3.28. The second kappa shape index (κ2) is 4.25. The van der Waals surface area contributed by atoms with E-state index in [1.165, 1.54) is 0 Å². The van der Waals surface area contributed by atoms with Crippen molar-refractivity contribution in [3.8, 4) is 0 Å². The topological polar surface area (TPSA) is 45.8 Å². The van der Waals surface area contributed by atoms with Crippen molar-refractivity contribution < 1.29 is 4.79 Å². The van der Waals surface area contributed by atoms with E-state index >= 15 is 0 Å². The van der Waals surface area contributed by atoms with Crippen molar-refractivity contribution in [3.05, 3.63) is 51.8 Å². The minimum atomic E-state index is 0.183. The quantitative estimate of drug-likeness (QED) is 0.855. The number of halogens is 1. The van der Waals surface area contributed by atoms with Crippen LogP contribution in [0.5, 0.6) is 0 Å². The second-order valence-corrected chi connectivity index (χ2v) is 5.19. The normalized spacial score (nSPS) is 18.8. The van der Waals surface area contributed by atoms with Gasteiger partial charge in [0.05, 0.1) is 11.3 Å². The zero-order chi connectivity index (χ0) is 12.7. The van der Waals surface area contributed by atoms with Crippen LogP contribution in [0.2, 0.25) is 5.02 Å². The summed E-state index contributed by atoms with van der Waals surface area (Å²) >= 11 is 5.88. The minimum absolute atomic E-state index is 0.183. The van der Waals surface area contributed by atoms with Crippen molar-refractivity contribution in [2.75, 3.05) is 0 Å². The first kappa shape index (κ1) is 11.5. The monoisotopic (exact) mass is 260 g/mol. The van der Waals surface area contributed by atoms with Crippen molar-refractivity contribution in [2.45, 2.75) is 25.7 Å². The molecule has 1 heterocycles. The van der Waals surface area contributed by atoms with Crippen molar-refractivity contribution in [1.82, 2.24) is 10.2 Å². The summed E-state index contributed by atoms with van der Waals surface area (Å²) < 4.78 is 0. The lowest BCUT2D eigenvalue weighted by molar-refractivity contribution is 0.0963. The van der Waals surface area contributed by atoms with Crippen molar-refractivity contribution in [3.63, 3.8) is 0 Å². The molecule has 1 aliphatic carbocycles. The number of rotatable bonds is 1. The molecule has 3 rings (SSSR count). The summed E-state index contributed by atoms with van der Waals surface area (Å²) in [6.45, 7) is 1.90. The van der Waals surface area contributed by atoms with E-state index in [1.807, 2.05) is 31.2 Å². The molecule has 2 aromatic rings. The lowest BCUT2D eigenvalue weighted by atomic mass is 9.82. The average Bonchev–Trinajstić information content (AvgIpc) is 2.72. The molecular weight excluding hydrogens is 248 g/mol. The Morgan fingerprint density at radius 2 is 2.00 bits per heavy atom. The molecule has 1 aromatic heterocycles. The number of Topliss-reactive ketones (excluding diaryl/α,β-unsaturated/α-hetero) is 1. The summed E-state index contributed by atoms with van der Waals surface area (Å²) in [5.74, 6) is 0.396. The van der Waals surface area contributed by atoms with Crippen molar-refractivity contribution in [1.29, 1.82) is 0 Å². The van der Waals surface area contributed by atoms with Crippen LogP contribution in [0.1, 0.15) is 39.6 Å². The van der Waals surface area contributed by atoms with Gasteiger partial charge in [0.25, 0.3) is 0 Å². The Balaban J connectivity index is 1.94. The Morgan fingerprint density at radius 3 is 2.72 bits per heavy atom. The Labute approximate surface area is 110 Å². The average molecular weight is 261 g/mol. The molecule has 3 nitrogen and oxygen atoms in total. The number of aromatic amines is 1. The molecule has 1 N–H and O–H groups in total.